The number of hydrogen-bond acceptors (Lipinski definition) is 1. The van der Waals surface area contributed by atoms with Crippen molar-refractivity contribution in [2.75, 3.05) is 0 Å². The van der Waals surface area contributed by atoms with E-state index in [1.165, 1.54) is 11.1 Å². The highest BCUT2D eigenvalue weighted by Gasteiger charge is 2.24. The lowest BCUT2D eigenvalue weighted by molar-refractivity contribution is -0.660. The van der Waals surface area contributed by atoms with E-state index in [0.29, 0.717) is 11.1 Å². The fraction of sp³-hybridized carbons (Fsp3) is 0.275. The molecule has 4 aromatic carbocycles. The molecule has 0 saturated heterocycles. The summed E-state index contributed by atoms with van der Waals surface area (Å²) in [5, 5.41) is 1.91. The van der Waals surface area contributed by atoms with E-state index in [9.17, 15) is 0 Å². The van der Waals surface area contributed by atoms with E-state index < -0.39 is 0 Å². The van der Waals surface area contributed by atoms with E-state index in [1.54, 1.807) is 6.07 Å². The van der Waals surface area contributed by atoms with Crippen LogP contribution in [0.3, 0.4) is 0 Å². The minimum atomic E-state index is -0.289. The number of hydrogen-bond donors (Lipinski definition) is 0. The molecule has 0 fully saturated rings. The second-order valence-electron chi connectivity index (χ2n) is 14.2. The maximum Gasteiger partial charge on any atom is 0.216 e. The standard InChI is InChI=1S/C40H41FNO/c1-25-12-17-31-32-18-19-33(41)36(29-11-9-10-28(23-29)27-13-15-30(16-14-27)40(5,6)7)38(32)43-37(31)35(25)34-22-26(20-21-42(34)8)24-39(2,3)4/h9-23H,24H2,1-8H3/q+1. The Morgan fingerprint density at radius 3 is 2.02 bits per heavy atom. The smallest absolute Gasteiger partial charge is 0.216 e. The van der Waals surface area contributed by atoms with Gasteiger partial charge in [0.25, 0.3) is 0 Å². The molecule has 0 aliphatic heterocycles. The van der Waals surface area contributed by atoms with Gasteiger partial charge in [-0.25, -0.2) is 8.96 Å². The normalized spacial score (nSPS) is 12.4. The first-order valence-electron chi connectivity index (χ1n) is 15.1. The summed E-state index contributed by atoms with van der Waals surface area (Å²) < 4.78 is 24.6. The largest absolute Gasteiger partial charge is 0.454 e. The van der Waals surface area contributed by atoms with Crippen LogP contribution in [0.25, 0.3) is 55.4 Å². The van der Waals surface area contributed by atoms with Crippen LogP contribution in [0.4, 0.5) is 4.39 Å². The fourth-order valence-electron chi connectivity index (χ4n) is 6.17. The summed E-state index contributed by atoms with van der Waals surface area (Å²) in [5.74, 6) is -0.289. The molecule has 218 valence electrons. The topological polar surface area (TPSA) is 17.0 Å². The Hall–Kier alpha value is -4.24. The van der Waals surface area contributed by atoms with Gasteiger partial charge >= 0.3 is 0 Å². The van der Waals surface area contributed by atoms with E-state index in [2.05, 4.69) is 127 Å². The van der Waals surface area contributed by atoms with E-state index in [-0.39, 0.29) is 16.6 Å². The maximum atomic E-state index is 15.8. The summed E-state index contributed by atoms with van der Waals surface area (Å²) in [4.78, 5) is 0. The van der Waals surface area contributed by atoms with Gasteiger partial charge in [0.1, 0.15) is 24.0 Å². The molecule has 0 unspecified atom stereocenters. The summed E-state index contributed by atoms with van der Waals surface area (Å²) >= 11 is 0. The van der Waals surface area contributed by atoms with Crippen molar-refractivity contribution in [3.05, 3.63) is 114 Å². The van der Waals surface area contributed by atoms with Crippen molar-refractivity contribution in [1.29, 1.82) is 0 Å². The van der Waals surface area contributed by atoms with Crippen molar-refractivity contribution in [3.8, 4) is 33.5 Å². The van der Waals surface area contributed by atoms with Crippen LogP contribution in [0.15, 0.2) is 95.5 Å². The zero-order valence-electron chi connectivity index (χ0n) is 26.6. The van der Waals surface area contributed by atoms with Crippen LogP contribution >= 0.6 is 0 Å². The molecule has 0 spiro atoms. The number of benzene rings is 4. The Kier molecular flexibility index (Phi) is 7.04. The van der Waals surface area contributed by atoms with Gasteiger partial charge in [-0.2, -0.15) is 0 Å². The molecule has 6 rings (SSSR count). The third kappa shape index (κ3) is 5.49. The van der Waals surface area contributed by atoms with Gasteiger partial charge in [0, 0.05) is 22.9 Å². The highest BCUT2D eigenvalue weighted by molar-refractivity contribution is 6.13. The monoisotopic (exact) mass is 570 g/mol. The third-order valence-electron chi connectivity index (χ3n) is 8.41. The lowest BCUT2D eigenvalue weighted by Gasteiger charge is -2.19. The molecule has 0 aliphatic carbocycles. The number of halogens is 1. The number of aromatic nitrogens is 1. The number of rotatable bonds is 4. The molecule has 0 radical (unpaired) electrons. The Morgan fingerprint density at radius 2 is 1.35 bits per heavy atom. The number of nitrogens with zero attached hydrogens (tertiary/aromatic N) is 1. The van der Waals surface area contributed by atoms with Crippen molar-refractivity contribution in [2.45, 2.75) is 60.3 Å². The number of aryl methyl sites for hydroxylation is 2. The molecule has 0 N–H and O–H groups in total. The molecule has 2 aromatic heterocycles. The molecule has 2 nitrogen and oxygen atoms in total. The van der Waals surface area contributed by atoms with E-state index >= 15 is 4.39 Å². The summed E-state index contributed by atoms with van der Waals surface area (Å²) in [7, 11) is 2.07. The lowest BCUT2D eigenvalue weighted by atomic mass is 9.86. The number of fused-ring (bicyclic) bond motifs is 3. The average molecular weight is 571 g/mol. The van der Waals surface area contributed by atoms with Gasteiger partial charge in [-0.05, 0) is 75.8 Å². The van der Waals surface area contributed by atoms with E-state index in [4.69, 9.17) is 4.42 Å². The lowest BCUT2D eigenvalue weighted by Crippen LogP contribution is -2.31. The molecule has 43 heavy (non-hydrogen) atoms. The molecule has 0 amide bonds. The summed E-state index contributed by atoms with van der Waals surface area (Å²) in [6, 6.07) is 28.9. The van der Waals surface area contributed by atoms with Gasteiger partial charge in [0.15, 0.2) is 6.20 Å². The number of pyridine rings is 1. The third-order valence-corrected chi connectivity index (χ3v) is 8.41. The van der Waals surface area contributed by atoms with E-state index in [0.717, 1.165) is 56.3 Å². The van der Waals surface area contributed by atoms with Gasteiger partial charge in [0.05, 0.1) is 11.1 Å². The van der Waals surface area contributed by atoms with Crippen LogP contribution in [0.5, 0.6) is 0 Å². The average Bonchev–Trinajstić information content (AvgIpc) is 3.31. The van der Waals surface area contributed by atoms with Crippen LogP contribution in [0.2, 0.25) is 0 Å². The predicted octanol–water partition coefficient (Wildman–Crippen LogP) is 10.7. The SMILES string of the molecule is Cc1ccc2c(oc3c(-c4cccc(-c5ccc(C(C)(C)C)cc5)c4)c(F)ccc32)c1-c1cc(CC(C)(C)C)cc[n+]1C. The fourth-order valence-corrected chi connectivity index (χ4v) is 6.17. The van der Waals surface area contributed by atoms with Gasteiger partial charge in [-0.15, -0.1) is 0 Å². The molecule has 0 atom stereocenters. The zero-order chi connectivity index (χ0) is 30.7. The van der Waals surface area contributed by atoms with Crippen molar-refractivity contribution >= 4 is 21.9 Å². The van der Waals surface area contributed by atoms with Crippen molar-refractivity contribution < 1.29 is 13.4 Å². The van der Waals surface area contributed by atoms with Crippen LogP contribution in [0, 0.1) is 18.2 Å². The highest BCUT2D eigenvalue weighted by Crippen LogP contribution is 2.42. The molecule has 0 aliphatic rings. The highest BCUT2D eigenvalue weighted by atomic mass is 19.1. The molecule has 2 heterocycles. The maximum absolute atomic E-state index is 15.8. The van der Waals surface area contributed by atoms with Crippen molar-refractivity contribution in [1.82, 2.24) is 0 Å². The van der Waals surface area contributed by atoms with Crippen LogP contribution in [-0.2, 0) is 18.9 Å². The molecule has 0 bridgehead atoms. The Bertz CT molecular complexity index is 1980. The summed E-state index contributed by atoms with van der Waals surface area (Å²) in [6.07, 6.45) is 3.10. The first kappa shape index (κ1) is 28.9. The Morgan fingerprint density at radius 1 is 0.698 bits per heavy atom. The summed E-state index contributed by atoms with van der Waals surface area (Å²) in [5.41, 5.74) is 10.9. The quantitative estimate of drug-likeness (QED) is 0.193. The van der Waals surface area contributed by atoms with Gasteiger partial charge in [0.2, 0.25) is 5.69 Å². The second kappa shape index (κ2) is 10.5. The Balaban J connectivity index is 1.53. The van der Waals surface area contributed by atoms with Crippen LogP contribution < -0.4 is 4.57 Å². The van der Waals surface area contributed by atoms with Crippen molar-refractivity contribution in [2.24, 2.45) is 12.5 Å². The minimum absolute atomic E-state index is 0.0859. The number of furan rings is 1. The van der Waals surface area contributed by atoms with Gasteiger partial charge < -0.3 is 4.42 Å². The van der Waals surface area contributed by atoms with Gasteiger partial charge in [-0.3, -0.25) is 0 Å². The summed E-state index contributed by atoms with van der Waals surface area (Å²) in [6.45, 7) is 15.6. The minimum Gasteiger partial charge on any atom is -0.454 e. The van der Waals surface area contributed by atoms with Crippen molar-refractivity contribution in [3.63, 3.8) is 0 Å². The molecular formula is C40H41FNO+. The van der Waals surface area contributed by atoms with Crippen LogP contribution in [-0.4, -0.2) is 0 Å². The second-order valence-corrected chi connectivity index (χ2v) is 14.2. The molecule has 0 saturated carbocycles. The molecular weight excluding hydrogens is 529 g/mol. The first-order chi connectivity index (χ1) is 20.3. The van der Waals surface area contributed by atoms with E-state index in [1.807, 2.05) is 18.2 Å². The molecule has 3 heteroatoms. The predicted molar refractivity (Wildman–Crippen MR) is 178 cm³/mol. The molecule has 6 aromatic rings. The van der Waals surface area contributed by atoms with Gasteiger partial charge in [-0.1, -0.05) is 96.1 Å². The van der Waals surface area contributed by atoms with Crippen LogP contribution in [0.1, 0.15) is 58.2 Å². The first-order valence-corrected chi connectivity index (χ1v) is 15.1. The zero-order valence-corrected chi connectivity index (χ0v) is 26.6. The Labute approximate surface area is 254 Å².